The van der Waals surface area contributed by atoms with Crippen molar-refractivity contribution >= 4 is 0 Å². The van der Waals surface area contributed by atoms with Crippen molar-refractivity contribution in [3.8, 4) is 5.88 Å². The molecule has 1 atom stereocenters. The van der Waals surface area contributed by atoms with E-state index in [-0.39, 0.29) is 6.04 Å². The number of ether oxygens (including phenoxy) is 1. The van der Waals surface area contributed by atoms with E-state index < -0.39 is 0 Å². The molecular weight excluding hydrogens is 234 g/mol. The summed E-state index contributed by atoms with van der Waals surface area (Å²) in [6.45, 7) is 0. The largest absolute Gasteiger partial charge is 0.481 e. The second-order valence-corrected chi connectivity index (χ2v) is 3.98. The summed E-state index contributed by atoms with van der Waals surface area (Å²) in [7, 11) is 7.09. The Morgan fingerprint density at radius 3 is 2.67 bits per heavy atom. The molecule has 0 aromatic carbocycles. The van der Waals surface area contributed by atoms with Crippen LogP contribution in [-0.2, 0) is 20.5 Å². The molecule has 0 aliphatic carbocycles. The number of hydrogen-bond acceptors (Lipinski definition) is 6. The molecule has 8 nitrogen and oxygen atoms in total. The van der Waals surface area contributed by atoms with Gasteiger partial charge in [0, 0.05) is 19.5 Å². The van der Waals surface area contributed by atoms with E-state index in [2.05, 4.69) is 25.8 Å². The van der Waals surface area contributed by atoms with E-state index in [4.69, 9.17) is 4.74 Å². The van der Waals surface area contributed by atoms with Crippen LogP contribution in [0.5, 0.6) is 5.88 Å². The first-order chi connectivity index (χ1) is 8.63. The molecule has 8 heteroatoms. The summed E-state index contributed by atoms with van der Waals surface area (Å²) >= 11 is 0. The van der Waals surface area contributed by atoms with E-state index in [1.54, 1.807) is 18.8 Å². The van der Waals surface area contributed by atoms with Gasteiger partial charge in [-0.3, -0.25) is 0 Å². The quantitative estimate of drug-likeness (QED) is 0.768. The van der Waals surface area contributed by atoms with Crippen LogP contribution >= 0.6 is 0 Å². The molecular formula is C10H17N7O. The van der Waals surface area contributed by atoms with E-state index in [0.29, 0.717) is 12.2 Å². The lowest BCUT2D eigenvalue weighted by molar-refractivity contribution is 0.373. The van der Waals surface area contributed by atoms with Gasteiger partial charge in [-0.05, 0) is 12.3 Å². The molecule has 0 saturated heterocycles. The molecule has 1 N–H and O–H groups in total. The number of hydrogen-bond donors (Lipinski definition) is 1. The maximum absolute atomic E-state index is 5.20. The Bertz CT molecular complexity index is 518. The van der Waals surface area contributed by atoms with Crippen molar-refractivity contribution in [1.82, 2.24) is 35.3 Å². The van der Waals surface area contributed by atoms with Crippen molar-refractivity contribution < 1.29 is 4.74 Å². The van der Waals surface area contributed by atoms with Gasteiger partial charge in [0.25, 0.3) is 0 Å². The number of nitrogens with one attached hydrogen (secondary N) is 1. The highest BCUT2D eigenvalue weighted by molar-refractivity contribution is 5.19. The highest BCUT2D eigenvalue weighted by Crippen LogP contribution is 2.19. The van der Waals surface area contributed by atoms with Gasteiger partial charge in [0.15, 0.2) is 5.82 Å². The van der Waals surface area contributed by atoms with Gasteiger partial charge in [-0.1, -0.05) is 0 Å². The summed E-state index contributed by atoms with van der Waals surface area (Å²) in [6, 6.07) is 1.93. The van der Waals surface area contributed by atoms with Crippen LogP contribution in [0.15, 0.2) is 6.07 Å². The highest BCUT2D eigenvalue weighted by atomic mass is 16.5. The average Bonchev–Trinajstić information content (AvgIpc) is 2.92. The summed E-state index contributed by atoms with van der Waals surface area (Å²) in [5, 5.41) is 19.5. The molecule has 2 heterocycles. The maximum atomic E-state index is 5.20. The van der Waals surface area contributed by atoms with Gasteiger partial charge >= 0.3 is 0 Å². The van der Waals surface area contributed by atoms with E-state index in [1.807, 2.05) is 20.2 Å². The third-order valence-electron chi connectivity index (χ3n) is 2.71. The average molecular weight is 251 g/mol. The number of likely N-dealkylation sites (N-methyl/N-ethyl adjacent to an activating group) is 1. The van der Waals surface area contributed by atoms with Crippen LogP contribution < -0.4 is 10.1 Å². The zero-order valence-electron chi connectivity index (χ0n) is 11.0. The van der Waals surface area contributed by atoms with Gasteiger partial charge in [0.1, 0.15) is 0 Å². The zero-order chi connectivity index (χ0) is 13.1. The molecule has 0 aliphatic heterocycles. The Kier molecular flexibility index (Phi) is 3.56. The van der Waals surface area contributed by atoms with Crippen LogP contribution in [-0.4, -0.2) is 44.1 Å². The Morgan fingerprint density at radius 1 is 1.39 bits per heavy atom. The van der Waals surface area contributed by atoms with Crippen LogP contribution in [0, 0.1) is 0 Å². The number of aromatic nitrogens is 6. The molecule has 0 saturated carbocycles. The molecule has 0 aliphatic rings. The van der Waals surface area contributed by atoms with Gasteiger partial charge in [0.2, 0.25) is 5.88 Å². The van der Waals surface area contributed by atoms with Crippen molar-refractivity contribution in [2.75, 3.05) is 14.2 Å². The first-order valence-electron chi connectivity index (χ1n) is 5.62. The second-order valence-electron chi connectivity index (χ2n) is 3.98. The lowest BCUT2D eigenvalue weighted by Crippen LogP contribution is -2.20. The minimum atomic E-state index is 0.0318. The maximum Gasteiger partial charge on any atom is 0.211 e. The fourth-order valence-corrected chi connectivity index (χ4v) is 1.77. The highest BCUT2D eigenvalue weighted by Gasteiger charge is 2.18. The lowest BCUT2D eigenvalue weighted by atomic mass is 10.1. The third-order valence-corrected chi connectivity index (χ3v) is 2.71. The monoisotopic (exact) mass is 251 g/mol. The summed E-state index contributed by atoms with van der Waals surface area (Å²) < 4.78 is 6.90. The lowest BCUT2D eigenvalue weighted by Gasteiger charge is -2.10. The first kappa shape index (κ1) is 12.5. The van der Waals surface area contributed by atoms with Crippen LogP contribution in [0.3, 0.4) is 0 Å². The summed E-state index contributed by atoms with van der Waals surface area (Å²) in [5.74, 6) is 1.40. The van der Waals surface area contributed by atoms with E-state index >= 15 is 0 Å². The molecule has 0 spiro atoms. The molecule has 2 aromatic heterocycles. The van der Waals surface area contributed by atoms with Gasteiger partial charge in [0.05, 0.1) is 25.9 Å². The van der Waals surface area contributed by atoms with Crippen molar-refractivity contribution in [1.29, 1.82) is 0 Å². The molecule has 0 radical (unpaired) electrons. The molecule has 0 amide bonds. The SMILES string of the molecule is CNC(Cc1nnn(C)n1)c1cc(OC)n(C)n1. The van der Waals surface area contributed by atoms with Gasteiger partial charge < -0.3 is 10.1 Å². The molecule has 2 rings (SSSR count). The number of nitrogens with zero attached hydrogens (tertiary/aromatic N) is 6. The normalized spacial score (nSPS) is 12.7. The van der Waals surface area contributed by atoms with Crippen LogP contribution in [0.4, 0.5) is 0 Å². The standard InChI is InChI=1S/C10H17N7O/c1-11-7(5-9-12-15-17(3)14-9)8-6-10(18-4)16(2)13-8/h6-7,11H,5H2,1-4H3. The number of tetrazole rings is 1. The molecule has 98 valence electrons. The fourth-order valence-electron chi connectivity index (χ4n) is 1.77. The molecule has 0 bridgehead atoms. The van der Waals surface area contributed by atoms with E-state index in [9.17, 15) is 0 Å². The van der Waals surface area contributed by atoms with Gasteiger partial charge in [-0.15, -0.1) is 10.2 Å². The number of methoxy groups -OCH3 is 1. The van der Waals surface area contributed by atoms with E-state index in [0.717, 1.165) is 11.6 Å². The summed E-state index contributed by atoms with van der Waals surface area (Å²) in [4.78, 5) is 1.45. The fraction of sp³-hybridized carbons (Fsp3) is 0.600. The molecule has 2 aromatic rings. The van der Waals surface area contributed by atoms with Crippen LogP contribution in [0.2, 0.25) is 0 Å². The van der Waals surface area contributed by atoms with Gasteiger partial charge in [-0.2, -0.15) is 9.90 Å². The molecule has 1 unspecified atom stereocenters. The number of aryl methyl sites for hydroxylation is 2. The molecule has 0 fully saturated rings. The summed E-state index contributed by atoms with van der Waals surface area (Å²) in [6.07, 6.45) is 0.629. The zero-order valence-corrected chi connectivity index (χ0v) is 11.0. The van der Waals surface area contributed by atoms with Crippen LogP contribution in [0.1, 0.15) is 17.6 Å². The van der Waals surface area contributed by atoms with Crippen LogP contribution in [0.25, 0.3) is 0 Å². The Balaban J connectivity index is 2.17. The topological polar surface area (TPSA) is 82.7 Å². The van der Waals surface area contributed by atoms with Crippen molar-refractivity contribution in [3.05, 3.63) is 17.6 Å². The first-order valence-corrected chi connectivity index (χ1v) is 5.62. The van der Waals surface area contributed by atoms with Gasteiger partial charge in [-0.25, -0.2) is 4.68 Å². The third kappa shape index (κ3) is 2.48. The predicted octanol–water partition coefficient (Wildman–Crippen LogP) is -0.545. The number of rotatable bonds is 5. The van der Waals surface area contributed by atoms with Crippen molar-refractivity contribution in [2.45, 2.75) is 12.5 Å². The van der Waals surface area contributed by atoms with Crippen molar-refractivity contribution in [2.24, 2.45) is 14.1 Å². The Labute approximate surface area is 105 Å². The Hall–Kier alpha value is -1.96. The Morgan fingerprint density at radius 2 is 2.17 bits per heavy atom. The minimum Gasteiger partial charge on any atom is -0.481 e. The van der Waals surface area contributed by atoms with E-state index in [1.165, 1.54) is 4.80 Å². The smallest absolute Gasteiger partial charge is 0.211 e. The van der Waals surface area contributed by atoms with Crippen molar-refractivity contribution in [3.63, 3.8) is 0 Å². The minimum absolute atomic E-state index is 0.0318. The molecule has 18 heavy (non-hydrogen) atoms. The summed E-state index contributed by atoms with van der Waals surface area (Å²) in [5.41, 5.74) is 0.893. The predicted molar refractivity (Wildman–Crippen MR) is 64.1 cm³/mol. The second kappa shape index (κ2) is 5.13.